The molecule has 1 aromatic heterocycles. The van der Waals surface area contributed by atoms with E-state index in [2.05, 4.69) is 58.2 Å². The molecule has 150 valence electrons. The van der Waals surface area contributed by atoms with Gasteiger partial charge in [0.1, 0.15) is 5.82 Å². The maximum Gasteiger partial charge on any atom is 0.229 e. The van der Waals surface area contributed by atoms with Crippen molar-refractivity contribution in [2.45, 2.75) is 58.4 Å². The van der Waals surface area contributed by atoms with E-state index in [4.69, 9.17) is 4.98 Å². The second kappa shape index (κ2) is 8.80. The highest BCUT2D eigenvalue weighted by molar-refractivity contribution is 5.60. The molecular weight excluding hydrogens is 346 g/mol. The molecule has 2 aromatic rings. The van der Waals surface area contributed by atoms with Crippen molar-refractivity contribution in [1.29, 1.82) is 0 Å². The second-order valence-electron chi connectivity index (χ2n) is 8.33. The quantitative estimate of drug-likeness (QED) is 0.771. The number of aromatic nitrogens is 2. The minimum Gasteiger partial charge on any atom is -0.372 e. The summed E-state index contributed by atoms with van der Waals surface area (Å²) in [5, 5.41) is 3.39. The summed E-state index contributed by atoms with van der Waals surface area (Å²) >= 11 is 0. The fourth-order valence-electron chi connectivity index (χ4n) is 4.45. The highest BCUT2D eigenvalue weighted by Gasteiger charge is 2.22. The number of nitrogens with one attached hydrogen (secondary N) is 1. The summed E-state index contributed by atoms with van der Waals surface area (Å²) in [6.07, 6.45) is 9.46. The van der Waals surface area contributed by atoms with Crippen LogP contribution in [-0.4, -0.2) is 35.6 Å². The van der Waals surface area contributed by atoms with Crippen molar-refractivity contribution in [2.24, 2.45) is 5.92 Å². The maximum absolute atomic E-state index is 4.80. The van der Waals surface area contributed by atoms with Crippen LogP contribution in [0.4, 0.5) is 23.1 Å². The SMILES string of the molecule is CCC1CCCCN1c1ccnc(Nc2ccc(N3CCC(C)CC3)cc2)n1. The second-order valence-corrected chi connectivity index (χ2v) is 8.33. The van der Waals surface area contributed by atoms with Gasteiger partial charge in [-0.05, 0) is 74.8 Å². The van der Waals surface area contributed by atoms with Gasteiger partial charge in [0.05, 0.1) is 0 Å². The van der Waals surface area contributed by atoms with Crippen LogP contribution in [0.1, 0.15) is 52.4 Å². The van der Waals surface area contributed by atoms with E-state index in [0.717, 1.165) is 37.1 Å². The molecule has 0 amide bonds. The molecule has 0 aliphatic carbocycles. The monoisotopic (exact) mass is 379 g/mol. The topological polar surface area (TPSA) is 44.3 Å². The number of hydrogen-bond acceptors (Lipinski definition) is 5. The van der Waals surface area contributed by atoms with Crippen LogP contribution < -0.4 is 15.1 Å². The molecule has 3 heterocycles. The van der Waals surface area contributed by atoms with Crippen molar-refractivity contribution in [3.63, 3.8) is 0 Å². The minimum atomic E-state index is 0.600. The molecule has 1 N–H and O–H groups in total. The zero-order valence-corrected chi connectivity index (χ0v) is 17.3. The van der Waals surface area contributed by atoms with Crippen LogP contribution in [0.3, 0.4) is 0 Å². The van der Waals surface area contributed by atoms with E-state index in [1.165, 1.54) is 44.2 Å². The lowest BCUT2D eigenvalue weighted by Gasteiger charge is -2.36. The molecule has 0 radical (unpaired) electrons. The Bertz CT molecular complexity index is 752. The Hall–Kier alpha value is -2.30. The molecular formula is C23H33N5. The molecule has 4 rings (SSSR count). The van der Waals surface area contributed by atoms with Gasteiger partial charge in [0.2, 0.25) is 5.95 Å². The predicted molar refractivity (Wildman–Crippen MR) is 118 cm³/mol. The van der Waals surface area contributed by atoms with Gasteiger partial charge >= 0.3 is 0 Å². The molecule has 0 saturated carbocycles. The van der Waals surface area contributed by atoms with Gasteiger partial charge < -0.3 is 15.1 Å². The van der Waals surface area contributed by atoms with Crippen LogP contribution in [0.15, 0.2) is 36.5 Å². The van der Waals surface area contributed by atoms with Gasteiger partial charge in [-0.15, -0.1) is 0 Å². The van der Waals surface area contributed by atoms with E-state index >= 15 is 0 Å². The summed E-state index contributed by atoms with van der Waals surface area (Å²) in [7, 11) is 0. The first kappa shape index (κ1) is 19.0. The molecule has 5 heteroatoms. The van der Waals surface area contributed by atoms with Gasteiger partial charge in [-0.3, -0.25) is 0 Å². The average molecular weight is 380 g/mol. The fraction of sp³-hybridized carbons (Fsp3) is 0.565. The summed E-state index contributed by atoms with van der Waals surface area (Å²) in [4.78, 5) is 14.2. The highest BCUT2D eigenvalue weighted by atomic mass is 15.2. The zero-order valence-electron chi connectivity index (χ0n) is 17.3. The van der Waals surface area contributed by atoms with E-state index in [1.54, 1.807) is 0 Å². The fourth-order valence-corrected chi connectivity index (χ4v) is 4.45. The number of hydrogen-bond donors (Lipinski definition) is 1. The molecule has 2 saturated heterocycles. The van der Waals surface area contributed by atoms with Crippen molar-refractivity contribution in [3.8, 4) is 0 Å². The molecule has 28 heavy (non-hydrogen) atoms. The Morgan fingerprint density at radius 2 is 1.79 bits per heavy atom. The molecule has 2 fully saturated rings. The van der Waals surface area contributed by atoms with Crippen LogP contribution in [0.5, 0.6) is 0 Å². The Labute approximate surface area is 169 Å². The third-order valence-electron chi connectivity index (χ3n) is 6.31. The van der Waals surface area contributed by atoms with Gasteiger partial charge in [0, 0.05) is 43.2 Å². The largest absolute Gasteiger partial charge is 0.372 e. The molecule has 1 atom stereocenters. The molecule has 1 aromatic carbocycles. The number of nitrogens with zero attached hydrogens (tertiary/aromatic N) is 4. The summed E-state index contributed by atoms with van der Waals surface area (Å²) in [6, 6.07) is 11.3. The third-order valence-corrected chi connectivity index (χ3v) is 6.31. The molecule has 0 spiro atoms. The Morgan fingerprint density at radius 3 is 2.54 bits per heavy atom. The summed E-state index contributed by atoms with van der Waals surface area (Å²) in [6.45, 7) is 8.04. The van der Waals surface area contributed by atoms with E-state index in [1.807, 2.05) is 12.3 Å². The lowest BCUT2D eigenvalue weighted by atomic mass is 9.99. The van der Waals surface area contributed by atoms with Crippen LogP contribution in [0, 0.1) is 5.92 Å². The van der Waals surface area contributed by atoms with Gasteiger partial charge in [-0.25, -0.2) is 4.98 Å². The van der Waals surface area contributed by atoms with Crippen molar-refractivity contribution >= 4 is 23.1 Å². The van der Waals surface area contributed by atoms with E-state index in [-0.39, 0.29) is 0 Å². The van der Waals surface area contributed by atoms with Gasteiger partial charge in [-0.1, -0.05) is 13.8 Å². The van der Waals surface area contributed by atoms with Gasteiger partial charge in [-0.2, -0.15) is 4.98 Å². The number of rotatable bonds is 5. The lowest BCUT2D eigenvalue weighted by Crippen LogP contribution is -2.39. The first-order valence-electron chi connectivity index (χ1n) is 10.9. The molecule has 1 unspecified atom stereocenters. The van der Waals surface area contributed by atoms with E-state index in [0.29, 0.717) is 12.0 Å². The first-order chi connectivity index (χ1) is 13.7. The smallest absolute Gasteiger partial charge is 0.229 e. The summed E-state index contributed by atoms with van der Waals surface area (Å²) in [5.74, 6) is 2.58. The molecule has 5 nitrogen and oxygen atoms in total. The average Bonchev–Trinajstić information content (AvgIpc) is 2.75. The Morgan fingerprint density at radius 1 is 1.00 bits per heavy atom. The Kier molecular flexibility index (Phi) is 5.98. The van der Waals surface area contributed by atoms with Crippen molar-refractivity contribution < 1.29 is 0 Å². The maximum atomic E-state index is 4.80. The molecule has 2 aliphatic heterocycles. The van der Waals surface area contributed by atoms with Crippen molar-refractivity contribution in [3.05, 3.63) is 36.5 Å². The Balaban J connectivity index is 1.43. The normalized spacial score (nSPS) is 21.0. The molecule has 0 bridgehead atoms. The third kappa shape index (κ3) is 4.40. The van der Waals surface area contributed by atoms with Crippen molar-refractivity contribution in [1.82, 2.24) is 9.97 Å². The standard InChI is InChI=1S/C23H33N5/c1-3-20-6-4-5-15-28(20)22-11-14-24-23(26-22)25-19-7-9-21(10-8-19)27-16-12-18(2)13-17-27/h7-11,14,18,20H,3-6,12-13,15-17H2,1-2H3,(H,24,25,26). The first-order valence-corrected chi connectivity index (χ1v) is 10.9. The summed E-state index contributed by atoms with van der Waals surface area (Å²) < 4.78 is 0. The van der Waals surface area contributed by atoms with Crippen LogP contribution in [0.2, 0.25) is 0 Å². The van der Waals surface area contributed by atoms with Crippen LogP contribution in [-0.2, 0) is 0 Å². The van der Waals surface area contributed by atoms with Crippen LogP contribution >= 0.6 is 0 Å². The molecule has 2 aliphatic rings. The van der Waals surface area contributed by atoms with E-state index < -0.39 is 0 Å². The minimum absolute atomic E-state index is 0.600. The van der Waals surface area contributed by atoms with Gasteiger partial charge in [0.25, 0.3) is 0 Å². The summed E-state index contributed by atoms with van der Waals surface area (Å²) in [5.41, 5.74) is 2.35. The van der Waals surface area contributed by atoms with Crippen molar-refractivity contribution in [2.75, 3.05) is 34.8 Å². The zero-order chi connectivity index (χ0) is 19.3. The van der Waals surface area contributed by atoms with Gasteiger partial charge in [0.15, 0.2) is 0 Å². The number of piperidine rings is 2. The van der Waals surface area contributed by atoms with Crippen LogP contribution in [0.25, 0.3) is 0 Å². The number of anilines is 4. The van der Waals surface area contributed by atoms with E-state index in [9.17, 15) is 0 Å². The lowest BCUT2D eigenvalue weighted by molar-refractivity contribution is 0.438. The number of benzene rings is 1. The highest BCUT2D eigenvalue weighted by Crippen LogP contribution is 2.27. The predicted octanol–water partition coefficient (Wildman–Crippen LogP) is 5.23.